The molecule has 0 atom stereocenters. The first kappa shape index (κ1) is 14.1. The van der Waals surface area contributed by atoms with Gasteiger partial charge in [-0.05, 0) is 25.0 Å². The molecule has 2 N–H and O–H groups in total. The molecule has 1 amide bonds. The minimum absolute atomic E-state index is 0.117. The van der Waals surface area contributed by atoms with Crippen molar-refractivity contribution in [2.75, 3.05) is 20.3 Å². The lowest BCUT2D eigenvalue weighted by Crippen LogP contribution is -2.49. The molecule has 0 spiro atoms. The van der Waals surface area contributed by atoms with Crippen molar-refractivity contribution in [3.8, 4) is 0 Å². The highest BCUT2D eigenvalue weighted by atomic mass is 16.5. The van der Waals surface area contributed by atoms with Crippen molar-refractivity contribution in [1.29, 1.82) is 0 Å². The van der Waals surface area contributed by atoms with Gasteiger partial charge in [-0.1, -0.05) is 18.6 Å². The molecule has 0 saturated heterocycles. The molecule has 0 bridgehead atoms. The minimum Gasteiger partial charge on any atom is -0.384 e. The minimum atomic E-state index is -0.289. The molecule has 3 rings (SSSR count). The second-order valence-corrected chi connectivity index (χ2v) is 5.77. The molecule has 2 aromatic rings. The number of imidazole rings is 1. The van der Waals surface area contributed by atoms with Gasteiger partial charge in [-0.2, -0.15) is 0 Å². The van der Waals surface area contributed by atoms with Crippen LogP contribution >= 0.6 is 0 Å². The Kier molecular flexibility index (Phi) is 3.92. The van der Waals surface area contributed by atoms with Crippen molar-refractivity contribution >= 4 is 16.9 Å². The first-order chi connectivity index (χ1) is 10.2. The van der Waals surface area contributed by atoms with Crippen molar-refractivity contribution in [3.05, 3.63) is 30.1 Å². The SMILES string of the molecule is COCC1(C(=O)NCCc2nc3ccccc3[nH]2)CCC1. The van der Waals surface area contributed by atoms with E-state index in [9.17, 15) is 4.79 Å². The van der Waals surface area contributed by atoms with E-state index in [2.05, 4.69) is 15.3 Å². The fourth-order valence-corrected chi connectivity index (χ4v) is 2.92. The largest absolute Gasteiger partial charge is 0.384 e. The van der Waals surface area contributed by atoms with Gasteiger partial charge >= 0.3 is 0 Å². The van der Waals surface area contributed by atoms with E-state index in [0.29, 0.717) is 19.6 Å². The number of fused-ring (bicyclic) bond motifs is 1. The summed E-state index contributed by atoms with van der Waals surface area (Å²) in [5.41, 5.74) is 1.71. The molecule has 1 aromatic carbocycles. The number of rotatable bonds is 6. The Morgan fingerprint density at radius 1 is 1.43 bits per heavy atom. The van der Waals surface area contributed by atoms with E-state index >= 15 is 0 Å². The van der Waals surface area contributed by atoms with Gasteiger partial charge in [0.05, 0.1) is 23.1 Å². The van der Waals surface area contributed by atoms with Crippen molar-refractivity contribution in [2.45, 2.75) is 25.7 Å². The highest BCUT2D eigenvalue weighted by Gasteiger charge is 2.43. The molecule has 21 heavy (non-hydrogen) atoms. The Morgan fingerprint density at radius 2 is 2.24 bits per heavy atom. The molecule has 1 heterocycles. The van der Waals surface area contributed by atoms with Crippen molar-refractivity contribution in [1.82, 2.24) is 15.3 Å². The summed E-state index contributed by atoms with van der Waals surface area (Å²) >= 11 is 0. The van der Waals surface area contributed by atoms with Gasteiger partial charge in [-0.15, -0.1) is 0 Å². The van der Waals surface area contributed by atoms with Crippen LogP contribution in [0.25, 0.3) is 11.0 Å². The summed E-state index contributed by atoms with van der Waals surface area (Å²) < 4.78 is 5.20. The average molecular weight is 287 g/mol. The maximum absolute atomic E-state index is 12.3. The Balaban J connectivity index is 1.54. The van der Waals surface area contributed by atoms with E-state index < -0.39 is 0 Å². The zero-order valence-corrected chi connectivity index (χ0v) is 12.3. The third-order valence-corrected chi connectivity index (χ3v) is 4.30. The van der Waals surface area contributed by atoms with Crippen LogP contribution in [-0.2, 0) is 16.0 Å². The lowest BCUT2D eigenvalue weighted by Gasteiger charge is -2.39. The summed E-state index contributed by atoms with van der Waals surface area (Å²) in [5, 5.41) is 3.02. The van der Waals surface area contributed by atoms with Gasteiger partial charge in [0.25, 0.3) is 0 Å². The van der Waals surface area contributed by atoms with E-state index in [4.69, 9.17) is 4.74 Å². The van der Waals surface area contributed by atoms with Crippen LogP contribution in [0.5, 0.6) is 0 Å². The Hall–Kier alpha value is -1.88. The van der Waals surface area contributed by atoms with Crippen LogP contribution in [0.1, 0.15) is 25.1 Å². The fraction of sp³-hybridized carbons (Fsp3) is 0.500. The Labute approximate surface area is 124 Å². The molecule has 1 aromatic heterocycles. The number of benzene rings is 1. The summed E-state index contributed by atoms with van der Waals surface area (Å²) in [6.07, 6.45) is 3.68. The van der Waals surface area contributed by atoms with Gasteiger partial charge in [-0.3, -0.25) is 4.79 Å². The van der Waals surface area contributed by atoms with Crippen molar-refractivity contribution < 1.29 is 9.53 Å². The molecule has 1 saturated carbocycles. The number of aromatic amines is 1. The lowest BCUT2D eigenvalue weighted by atomic mass is 9.68. The third-order valence-electron chi connectivity index (χ3n) is 4.30. The van der Waals surface area contributed by atoms with Crippen LogP contribution in [-0.4, -0.2) is 36.1 Å². The average Bonchev–Trinajstić information content (AvgIpc) is 2.85. The quantitative estimate of drug-likeness (QED) is 0.854. The first-order valence-electron chi connectivity index (χ1n) is 7.44. The predicted octanol–water partition coefficient (Wildman–Crippen LogP) is 2.04. The highest BCUT2D eigenvalue weighted by Crippen LogP contribution is 2.41. The van der Waals surface area contributed by atoms with E-state index in [1.165, 1.54) is 0 Å². The molecule has 0 aliphatic heterocycles. The molecule has 5 heteroatoms. The second kappa shape index (κ2) is 5.85. The number of nitrogens with zero attached hydrogens (tertiary/aromatic N) is 1. The molecule has 1 aliphatic carbocycles. The zero-order chi connectivity index (χ0) is 14.7. The fourth-order valence-electron chi connectivity index (χ4n) is 2.92. The van der Waals surface area contributed by atoms with Gasteiger partial charge in [0, 0.05) is 20.1 Å². The van der Waals surface area contributed by atoms with Crippen LogP contribution in [0.15, 0.2) is 24.3 Å². The van der Waals surface area contributed by atoms with Crippen molar-refractivity contribution in [3.63, 3.8) is 0 Å². The van der Waals surface area contributed by atoms with E-state index in [-0.39, 0.29) is 11.3 Å². The van der Waals surface area contributed by atoms with Gasteiger partial charge in [-0.25, -0.2) is 4.98 Å². The summed E-state index contributed by atoms with van der Waals surface area (Å²) in [6, 6.07) is 7.94. The molecular weight excluding hydrogens is 266 g/mol. The lowest BCUT2D eigenvalue weighted by molar-refractivity contribution is -0.140. The van der Waals surface area contributed by atoms with Gasteiger partial charge in [0.15, 0.2) is 0 Å². The van der Waals surface area contributed by atoms with Crippen LogP contribution in [0, 0.1) is 5.41 Å². The van der Waals surface area contributed by atoms with Crippen LogP contribution in [0.3, 0.4) is 0 Å². The van der Waals surface area contributed by atoms with Crippen LogP contribution in [0.2, 0.25) is 0 Å². The maximum Gasteiger partial charge on any atom is 0.228 e. The standard InChI is InChI=1S/C16H21N3O2/c1-21-11-16(8-4-9-16)15(20)17-10-7-14-18-12-5-2-3-6-13(12)19-14/h2-3,5-6H,4,7-11H2,1H3,(H,17,20)(H,18,19). The van der Waals surface area contributed by atoms with Crippen LogP contribution in [0.4, 0.5) is 0 Å². The number of H-pyrrole nitrogens is 1. The molecule has 1 aliphatic rings. The molecule has 5 nitrogen and oxygen atoms in total. The van der Waals surface area contributed by atoms with Gasteiger partial charge in [0.2, 0.25) is 5.91 Å². The number of ether oxygens (including phenoxy) is 1. The maximum atomic E-state index is 12.3. The predicted molar refractivity (Wildman–Crippen MR) is 81.0 cm³/mol. The number of amides is 1. The summed E-state index contributed by atoms with van der Waals surface area (Å²) in [7, 11) is 1.65. The first-order valence-corrected chi connectivity index (χ1v) is 7.44. The molecule has 0 unspecified atom stereocenters. The third kappa shape index (κ3) is 2.78. The number of carbonyl (C=O) groups excluding carboxylic acids is 1. The normalized spacial score (nSPS) is 16.6. The number of nitrogens with one attached hydrogen (secondary N) is 2. The zero-order valence-electron chi connectivity index (χ0n) is 12.3. The molecule has 0 radical (unpaired) electrons. The van der Waals surface area contributed by atoms with Gasteiger partial charge < -0.3 is 15.0 Å². The number of hydrogen-bond donors (Lipinski definition) is 2. The summed E-state index contributed by atoms with van der Waals surface area (Å²) in [5.74, 6) is 1.03. The number of para-hydroxylation sites is 2. The second-order valence-electron chi connectivity index (χ2n) is 5.77. The Morgan fingerprint density at radius 3 is 2.90 bits per heavy atom. The number of hydrogen-bond acceptors (Lipinski definition) is 3. The Bertz CT molecular complexity index is 598. The number of carbonyl (C=O) groups is 1. The highest BCUT2D eigenvalue weighted by molar-refractivity contribution is 5.83. The van der Waals surface area contributed by atoms with Gasteiger partial charge in [0.1, 0.15) is 5.82 Å². The monoisotopic (exact) mass is 287 g/mol. The summed E-state index contributed by atoms with van der Waals surface area (Å²) in [4.78, 5) is 20.1. The smallest absolute Gasteiger partial charge is 0.228 e. The summed E-state index contributed by atoms with van der Waals surface area (Å²) in [6.45, 7) is 1.12. The van der Waals surface area contributed by atoms with E-state index in [0.717, 1.165) is 36.1 Å². The van der Waals surface area contributed by atoms with E-state index in [1.807, 2.05) is 24.3 Å². The molecular formula is C16H21N3O2. The topological polar surface area (TPSA) is 67.0 Å². The number of methoxy groups -OCH3 is 1. The van der Waals surface area contributed by atoms with E-state index in [1.54, 1.807) is 7.11 Å². The van der Waals surface area contributed by atoms with Crippen molar-refractivity contribution in [2.24, 2.45) is 5.41 Å². The van der Waals surface area contributed by atoms with Crippen LogP contribution < -0.4 is 5.32 Å². The number of aromatic nitrogens is 2. The molecule has 112 valence electrons. The molecule has 1 fully saturated rings.